The average Bonchev–Trinajstić information content (AvgIpc) is 1.88. The van der Waals surface area contributed by atoms with Gasteiger partial charge >= 0.3 is 0 Å². The van der Waals surface area contributed by atoms with E-state index >= 15 is 0 Å². The Morgan fingerprint density at radius 1 is 1.70 bits per heavy atom. The molecule has 0 aromatic heterocycles. The molecule has 0 aliphatic rings. The first kappa shape index (κ1) is 8.83. The number of hydrogen-bond donors (Lipinski definition) is 0. The van der Waals surface area contributed by atoms with Crippen molar-refractivity contribution < 1.29 is 9.47 Å². The predicted octanol–water partition coefficient (Wildman–Crippen LogP) is 1.42. The van der Waals surface area contributed by atoms with Crippen LogP contribution >= 0.6 is 0 Å². The smallest absolute Gasteiger partial charge is 0.181 e. The highest BCUT2D eigenvalue weighted by Gasteiger charge is 1.98. The van der Waals surface area contributed by atoms with Crippen molar-refractivity contribution in [3.8, 4) is 6.07 Å². The van der Waals surface area contributed by atoms with Gasteiger partial charge in [0.25, 0.3) is 0 Å². The Labute approximate surface area is 60.9 Å². The summed E-state index contributed by atoms with van der Waals surface area (Å²) in [6.07, 6.45) is 1.04. The molecule has 0 bridgehead atoms. The normalized spacial score (nSPS) is 13.6. The summed E-state index contributed by atoms with van der Waals surface area (Å²) >= 11 is 0. The maximum atomic E-state index is 8.31. The molecule has 0 aromatic rings. The number of hydrogen-bond acceptors (Lipinski definition) is 3. The fourth-order valence-electron chi connectivity index (χ4n) is 0.499. The first-order valence-corrected chi connectivity index (χ1v) is 2.96. The van der Waals surface area contributed by atoms with Crippen LogP contribution in [-0.4, -0.2) is 13.2 Å². The highest BCUT2D eigenvalue weighted by Crippen LogP contribution is 1.99. The van der Waals surface area contributed by atoms with Gasteiger partial charge < -0.3 is 9.47 Å². The molecule has 3 heteroatoms. The topological polar surface area (TPSA) is 42.2 Å². The second-order valence-electron chi connectivity index (χ2n) is 1.85. The summed E-state index contributed by atoms with van der Waals surface area (Å²) in [5.74, 6) is 0.608. The van der Waals surface area contributed by atoms with Gasteiger partial charge in [-0.05, 0) is 13.8 Å². The molecule has 1 atom stereocenters. The highest BCUT2D eigenvalue weighted by molar-refractivity contribution is 4.88. The van der Waals surface area contributed by atoms with Gasteiger partial charge in [0, 0.05) is 0 Å². The van der Waals surface area contributed by atoms with Crippen LogP contribution in [0.4, 0.5) is 0 Å². The summed E-state index contributed by atoms with van der Waals surface area (Å²) in [4.78, 5) is 0. The average molecular weight is 141 g/mol. The number of methoxy groups -OCH3 is 1. The van der Waals surface area contributed by atoms with Crippen molar-refractivity contribution in [3.63, 3.8) is 0 Å². The second kappa shape index (κ2) is 4.68. The third-order valence-corrected chi connectivity index (χ3v) is 0.828. The lowest BCUT2D eigenvalue weighted by Crippen LogP contribution is -2.02. The zero-order valence-corrected chi connectivity index (χ0v) is 6.42. The molecule has 0 spiro atoms. The van der Waals surface area contributed by atoms with E-state index in [0.717, 1.165) is 0 Å². The van der Waals surface area contributed by atoms with Crippen molar-refractivity contribution in [2.75, 3.05) is 7.11 Å². The van der Waals surface area contributed by atoms with Crippen LogP contribution in [0.3, 0.4) is 0 Å². The third-order valence-electron chi connectivity index (χ3n) is 0.828. The molecule has 0 aliphatic heterocycles. The molecule has 1 unspecified atom stereocenters. The van der Waals surface area contributed by atoms with Crippen molar-refractivity contribution in [1.82, 2.24) is 0 Å². The Kier molecular flexibility index (Phi) is 4.14. The first-order valence-electron chi connectivity index (χ1n) is 2.96. The standard InChI is InChI=1S/C7H11NO2/c1-6(4-8)10-7(2)5-9-3/h5-6H,1-3H3. The number of rotatable bonds is 3. The summed E-state index contributed by atoms with van der Waals surface area (Å²) < 4.78 is 9.67. The Bertz CT molecular complexity index is 157. The maximum Gasteiger partial charge on any atom is 0.181 e. The molecule has 0 saturated carbocycles. The summed E-state index contributed by atoms with van der Waals surface area (Å²) in [5, 5.41) is 8.31. The van der Waals surface area contributed by atoms with E-state index in [1.165, 1.54) is 13.4 Å². The van der Waals surface area contributed by atoms with Crippen molar-refractivity contribution in [2.24, 2.45) is 0 Å². The van der Waals surface area contributed by atoms with Crippen molar-refractivity contribution >= 4 is 0 Å². The third kappa shape index (κ3) is 3.79. The van der Waals surface area contributed by atoms with Crippen molar-refractivity contribution in [1.29, 1.82) is 5.26 Å². The minimum absolute atomic E-state index is 0.411. The van der Waals surface area contributed by atoms with Crippen LogP contribution < -0.4 is 0 Å². The SMILES string of the molecule is COC=C(C)OC(C)C#N. The molecule has 0 aliphatic carbocycles. The first-order chi connectivity index (χ1) is 4.70. The number of nitriles is 1. The quantitative estimate of drug-likeness (QED) is 0.558. The van der Waals surface area contributed by atoms with E-state index < -0.39 is 6.10 Å². The van der Waals surface area contributed by atoms with E-state index in [2.05, 4.69) is 4.74 Å². The lowest BCUT2D eigenvalue weighted by atomic mass is 10.4. The van der Waals surface area contributed by atoms with Crippen LogP contribution in [0.1, 0.15) is 13.8 Å². The van der Waals surface area contributed by atoms with E-state index in [1.54, 1.807) is 13.8 Å². The molecule has 0 saturated heterocycles. The zero-order valence-electron chi connectivity index (χ0n) is 6.42. The van der Waals surface area contributed by atoms with Gasteiger partial charge in [-0.1, -0.05) is 0 Å². The van der Waals surface area contributed by atoms with Gasteiger partial charge in [-0.15, -0.1) is 0 Å². The molecular formula is C7H11NO2. The van der Waals surface area contributed by atoms with Crippen LogP contribution in [-0.2, 0) is 9.47 Å². The second-order valence-corrected chi connectivity index (χ2v) is 1.85. The van der Waals surface area contributed by atoms with Crippen molar-refractivity contribution in [3.05, 3.63) is 12.0 Å². The Morgan fingerprint density at radius 2 is 2.30 bits per heavy atom. The molecule has 0 radical (unpaired) electrons. The van der Waals surface area contributed by atoms with Gasteiger partial charge in [0.15, 0.2) is 6.10 Å². The largest absolute Gasteiger partial charge is 0.501 e. The fraction of sp³-hybridized carbons (Fsp3) is 0.571. The zero-order chi connectivity index (χ0) is 7.98. The van der Waals surface area contributed by atoms with Crippen LogP contribution in [0.5, 0.6) is 0 Å². The van der Waals surface area contributed by atoms with Gasteiger partial charge in [-0.25, -0.2) is 0 Å². The predicted molar refractivity (Wildman–Crippen MR) is 36.9 cm³/mol. The molecule has 56 valence electrons. The van der Waals surface area contributed by atoms with Gasteiger partial charge in [0.2, 0.25) is 0 Å². The summed E-state index contributed by atoms with van der Waals surface area (Å²) in [6, 6.07) is 1.94. The Morgan fingerprint density at radius 3 is 2.70 bits per heavy atom. The molecule has 0 amide bonds. The van der Waals surface area contributed by atoms with E-state index in [-0.39, 0.29) is 0 Å². The molecule has 3 nitrogen and oxygen atoms in total. The number of allylic oxidation sites excluding steroid dienone is 1. The van der Waals surface area contributed by atoms with Crippen LogP contribution in [0.2, 0.25) is 0 Å². The Hall–Kier alpha value is -1.17. The maximum absolute atomic E-state index is 8.31. The number of ether oxygens (including phenoxy) is 2. The van der Waals surface area contributed by atoms with Gasteiger partial charge in [-0.3, -0.25) is 0 Å². The minimum Gasteiger partial charge on any atom is -0.501 e. The van der Waals surface area contributed by atoms with E-state index in [0.29, 0.717) is 5.76 Å². The Balaban J connectivity index is 3.70. The minimum atomic E-state index is -0.411. The molecule has 0 aromatic carbocycles. The van der Waals surface area contributed by atoms with Crippen LogP contribution in [0.15, 0.2) is 12.0 Å². The molecule has 0 heterocycles. The fourth-order valence-corrected chi connectivity index (χ4v) is 0.499. The lowest BCUT2D eigenvalue weighted by molar-refractivity contribution is 0.162. The van der Waals surface area contributed by atoms with Gasteiger partial charge in [0.1, 0.15) is 18.1 Å². The van der Waals surface area contributed by atoms with Crippen LogP contribution in [0, 0.1) is 11.3 Å². The van der Waals surface area contributed by atoms with Crippen LogP contribution in [0.25, 0.3) is 0 Å². The monoisotopic (exact) mass is 141 g/mol. The molecule has 0 fully saturated rings. The summed E-state index contributed by atoms with van der Waals surface area (Å²) in [6.45, 7) is 3.41. The van der Waals surface area contributed by atoms with Crippen molar-refractivity contribution in [2.45, 2.75) is 20.0 Å². The highest BCUT2D eigenvalue weighted by atomic mass is 16.5. The summed E-state index contributed by atoms with van der Waals surface area (Å²) in [7, 11) is 1.53. The van der Waals surface area contributed by atoms with Gasteiger partial charge in [-0.2, -0.15) is 5.26 Å². The van der Waals surface area contributed by atoms with E-state index in [4.69, 9.17) is 10.00 Å². The summed E-state index contributed by atoms with van der Waals surface area (Å²) in [5.41, 5.74) is 0. The molecular weight excluding hydrogens is 130 g/mol. The molecule has 0 rings (SSSR count). The van der Waals surface area contributed by atoms with E-state index in [1.807, 2.05) is 6.07 Å². The molecule has 0 N–H and O–H groups in total. The lowest BCUT2D eigenvalue weighted by Gasteiger charge is -2.05. The van der Waals surface area contributed by atoms with E-state index in [9.17, 15) is 0 Å². The number of nitrogens with zero attached hydrogens (tertiary/aromatic N) is 1. The molecule has 10 heavy (non-hydrogen) atoms. The van der Waals surface area contributed by atoms with Gasteiger partial charge in [0.05, 0.1) is 7.11 Å².